The van der Waals surface area contributed by atoms with Gasteiger partial charge in [-0.05, 0) is 50.3 Å². The zero-order chi connectivity index (χ0) is 18.7. The lowest BCUT2D eigenvalue weighted by Crippen LogP contribution is -2.53. The summed E-state index contributed by atoms with van der Waals surface area (Å²) in [6, 6.07) is 8.26. The number of guanidine groups is 1. The predicted molar refractivity (Wildman–Crippen MR) is 109 cm³/mol. The summed E-state index contributed by atoms with van der Waals surface area (Å²) in [5.41, 5.74) is 1.47. The molecular formula is C21H30ClN3O2. The van der Waals surface area contributed by atoms with Crippen molar-refractivity contribution in [2.75, 3.05) is 39.4 Å². The second-order valence-electron chi connectivity index (χ2n) is 7.87. The second-order valence-corrected chi connectivity index (χ2v) is 8.30. The van der Waals surface area contributed by atoms with Gasteiger partial charge in [0, 0.05) is 36.7 Å². The molecule has 2 saturated heterocycles. The van der Waals surface area contributed by atoms with Gasteiger partial charge >= 0.3 is 0 Å². The first kappa shape index (κ1) is 19.0. The van der Waals surface area contributed by atoms with E-state index in [0.717, 1.165) is 63.2 Å². The molecule has 2 aliphatic heterocycles. The van der Waals surface area contributed by atoms with Gasteiger partial charge in [0.15, 0.2) is 5.96 Å². The molecule has 4 rings (SSSR count). The molecule has 1 N–H and O–H groups in total. The van der Waals surface area contributed by atoms with Crippen molar-refractivity contribution in [1.82, 2.24) is 10.2 Å². The van der Waals surface area contributed by atoms with Crippen LogP contribution >= 0.6 is 11.6 Å². The summed E-state index contributed by atoms with van der Waals surface area (Å²) in [5, 5.41) is 4.29. The van der Waals surface area contributed by atoms with Crippen LogP contribution in [0.2, 0.25) is 5.02 Å². The Morgan fingerprint density at radius 1 is 1.30 bits per heavy atom. The van der Waals surface area contributed by atoms with E-state index in [2.05, 4.69) is 29.3 Å². The number of hydrogen-bond donors (Lipinski definition) is 1. The van der Waals surface area contributed by atoms with E-state index in [-0.39, 0.29) is 17.6 Å². The highest BCUT2D eigenvalue weighted by atomic mass is 35.5. The number of benzene rings is 1. The van der Waals surface area contributed by atoms with E-state index < -0.39 is 0 Å². The second kappa shape index (κ2) is 8.38. The normalized spacial score (nSPS) is 27.6. The highest BCUT2D eigenvalue weighted by Crippen LogP contribution is 2.48. The number of hydrogen-bond acceptors (Lipinski definition) is 3. The minimum atomic E-state index is 0.146. The van der Waals surface area contributed by atoms with Gasteiger partial charge in [0.25, 0.3) is 0 Å². The van der Waals surface area contributed by atoms with E-state index in [1.54, 1.807) is 0 Å². The molecule has 3 aliphatic rings. The Kier molecular flexibility index (Phi) is 5.90. The van der Waals surface area contributed by atoms with Gasteiger partial charge in [0.1, 0.15) is 6.10 Å². The molecule has 2 atom stereocenters. The van der Waals surface area contributed by atoms with Crippen LogP contribution in [0.4, 0.5) is 0 Å². The zero-order valence-electron chi connectivity index (χ0n) is 16.1. The maximum Gasteiger partial charge on any atom is 0.194 e. The molecule has 1 aromatic carbocycles. The summed E-state index contributed by atoms with van der Waals surface area (Å²) in [4.78, 5) is 7.37. The summed E-state index contributed by atoms with van der Waals surface area (Å²) in [6.45, 7) is 7.11. The molecule has 1 saturated carbocycles. The molecule has 0 bridgehead atoms. The molecule has 2 heterocycles. The Hall–Kier alpha value is -1.30. The van der Waals surface area contributed by atoms with Crippen LogP contribution < -0.4 is 5.32 Å². The van der Waals surface area contributed by atoms with Crippen LogP contribution in [0.15, 0.2) is 29.3 Å². The van der Waals surface area contributed by atoms with Gasteiger partial charge in [-0.25, -0.2) is 0 Å². The fraction of sp³-hybridized carbons (Fsp3) is 0.667. The van der Waals surface area contributed by atoms with Crippen LogP contribution in [-0.2, 0) is 14.9 Å². The van der Waals surface area contributed by atoms with Crippen LogP contribution in [0.3, 0.4) is 0 Å². The molecule has 0 radical (unpaired) electrons. The topological polar surface area (TPSA) is 46.1 Å². The van der Waals surface area contributed by atoms with E-state index in [1.807, 2.05) is 12.1 Å². The fourth-order valence-corrected chi connectivity index (χ4v) is 4.34. The number of rotatable bonds is 5. The van der Waals surface area contributed by atoms with E-state index in [4.69, 9.17) is 26.1 Å². The molecule has 0 spiro atoms. The average Bonchev–Trinajstić information content (AvgIpc) is 3.28. The standard InChI is InChI=1S/C21H30ClN3O2/c1-2-23-20(25-10-12-27-19(14-25)18-7-4-11-26-18)24-15-21(8-9-21)16-5-3-6-17(22)13-16/h3,5-6,13,18-19H,2,4,7-12,14-15H2,1H3,(H,23,24). The summed E-state index contributed by atoms with van der Waals surface area (Å²) in [6.07, 6.45) is 4.98. The summed E-state index contributed by atoms with van der Waals surface area (Å²) >= 11 is 6.21. The van der Waals surface area contributed by atoms with Gasteiger partial charge in [0.2, 0.25) is 0 Å². The van der Waals surface area contributed by atoms with E-state index in [9.17, 15) is 0 Å². The van der Waals surface area contributed by atoms with E-state index in [1.165, 1.54) is 18.4 Å². The van der Waals surface area contributed by atoms with Crippen LogP contribution in [0, 0.1) is 0 Å². The third kappa shape index (κ3) is 4.41. The Labute approximate surface area is 167 Å². The van der Waals surface area contributed by atoms with Crippen molar-refractivity contribution in [1.29, 1.82) is 0 Å². The number of halogens is 1. The maximum atomic E-state index is 6.21. The van der Waals surface area contributed by atoms with Gasteiger partial charge in [-0.1, -0.05) is 23.7 Å². The first-order valence-corrected chi connectivity index (χ1v) is 10.6. The van der Waals surface area contributed by atoms with Gasteiger partial charge < -0.3 is 19.7 Å². The van der Waals surface area contributed by atoms with Crippen molar-refractivity contribution in [3.05, 3.63) is 34.9 Å². The van der Waals surface area contributed by atoms with Crippen molar-refractivity contribution < 1.29 is 9.47 Å². The quantitative estimate of drug-likeness (QED) is 0.618. The fourth-order valence-electron chi connectivity index (χ4n) is 4.15. The van der Waals surface area contributed by atoms with Gasteiger partial charge in [-0.2, -0.15) is 0 Å². The molecule has 5 nitrogen and oxygen atoms in total. The van der Waals surface area contributed by atoms with Gasteiger partial charge in [-0.15, -0.1) is 0 Å². The molecule has 0 aromatic heterocycles. The first-order valence-electron chi connectivity index (χ1n) is 10.2. The first-order chi connectivity index (χ1) is 13.2. The number of nitrogens with zero attached hydrogens (tertiary/aromatic N) is 2. The number of nitrogens with one attached hydrogen (secondary N) is 1. The predicted octanol–water partition coefficient (Wildman–Crippen LogP) is 3.22. The molecule has 27 heavy (non-hydrogen) atoms. The molecule has 148 valence electrons. The van der Waals surface area contributed by atoms with Crippen molar-refractivity contribution in [2.45, 2.75) is 50.2 Å². The summed E-state index contributed by atoms with van der Waals surface area (Å²) in [7, 11) is 0. The van der Waals surface area contributed by atoms with Crippen molar-refractivity contribution in [2.24, 2.45) is 4.99 Å². The van der Waals surface area contributed by atoms with Crippen LogP contribution in [0.5, 0.6) is 0 Å². The molecule has 0 amide bonds. The van der Waals surface area contributed by atoms with Crippen LogP contribution in [0.1, 0.15) is 38.2 Å². The maximum absolute atomic E-state index is 6.21. The largest absolute Gasteiger partial charge is 0.375 e. The van der Waals surface area contributed by atoms with Crippen molar-refractivity contribution in [3.63, 3.8) is 0 Å². The van der Waals surface area contributed by atoms with Gasteiger partial charge in [0.05, 0.1) is 19.3 Å². The summed E-state index contributed by atoms with van der Waals surface area (Å²) < 4.78 is 11.8. The summed E-state index contributed by atoms with van der Waals surface area (Å²) in [5.74, 6) is 0.997. The molecule has 6 heteroatoms. The van der Waals surface area contributed by atoms with Crippen molar-refractivity contribution in [3.8, 4) is 0 Å². The Morgan fingerprint density at radius 2 is 2.15 bits per heavy atom. The van der Waals surface area contributed by atoms with Gasteiger partial charge in [-0.3, -0.25) is 4.99 Å². The molecule has 3 fully saturated rings. The Balaban J connectivity index is 1.45. The number of morpholine rings is 1. The molecule has 1 aromatic rings. The minimum Gasteiger partial charge on any atom is -0.375 e. The third-order valence-corrected chi connectivity index (χ3v) is 6.16. The lowest BCUT2D eigenvalue weighted by atomic mass is 9.96. The molecular weight excluding hydrogens is 362 g/mol. The highest BCUT2D eigenvalue weighted by Gasteiger charge is 2.44. The zero-order valence-corrected chi connectivity index (χ0v) is 16.9. The highest BCUT2D eigenvalue weighted by molar-refractivity contribution is 6.30. The third-order valence-electron chi connectivity index (χ3n) is 5.93. The van der Waals surface area contributed by atoms with E-state index >= 15 is 0 Å². The SMILES string of the molecule is CCNC(=NCC1(c2cccc(Cl)c2)CC1)N1CCOC(C2CCCO2)C1. The van der Waals surface area contributed by atoms with Crippen LogP contribution in [0.25, 0.3) is 0 Å². The Bertz CT molecular complexity index is 671. The lowest BCUT2D eigenvalue weighted by molar-refractivity contribution is -0.0817. The minimum absolute atomic E-state index is 0.146. The van der Waals surface area contributed by atoms with Crippen LogP contribution in [-0.4, -0.2) is 62.5 Å². The smallest absolute Gasteiger partial charge is 0.194 e. The van der Waals surface area contributed by atoms with Crippen molar-refractivity contribution >= 4 is 17.6 Å². The average molecular weight is 392 g/mol. The Morgan fingerprint density at radius 3 is 2.85 bits per heavy atom. The monoisotopic (exact) mass is 391 g/mol. The number of ether oxygens (including phenoxy) is 2. The molecule has 2 unspecified atom stereocenters. The number of aliphatic imine (C=N–C) groups is 1. The van der Waals surface area contributed by atoms with E-state index in [0.29, 0.717) is 0 Å². The lowest BCUT2D eigenvalue weighted by Gasteiger charge is -2.37. The molecule has 1 aliphatic carbocycles.